The Labute approximate surface area is 162 Å². The van der Waals surface area contributed by atoms with E-state index in [0.717, 1.165) is 29.0 Å². The average molecular weight is 378 g/mol. The van der Waals surface area contributed by atoms with Gasteiger partial charge in [0.05, 0.1) is 12.2 Å². The van der Waals surface area contributed by atoms with E-state index >= 15 is 0 Å². The van der Waals surface area contributed by atoms with E-state index in [9.17, 15) is 9.59 Å². The highest BCUT2D eigenvalue weighted by atomic mass is 16.5. The Kier molecular flexibility index (Phi) is 4.77. The SMILES string of the molecule is CCOc1cc2c(cc1CNC(=O)c1cc(=O)[nH]c3ccccc13)O[C@H](C)C2. The monoisotopic (exact) mass is 378 g/mol. The molecule has 1 amide bonds. The fourth-order valence-corrected chi connectivity index (χ4v) is 3.57. The van der Waals surface area contributed by atoms with Crippen molar-refractivity contribution in [1.29, 1.82) is 0 Å². The summed E-state index contributed by atoms with van der Waals surface area (Å²) in [7, 11) is 0. The smallest absolute Gasteiger partial charge is 0.252 e. The molecule has 0 unspecified atom stereocenters. The first kappa shape index (κ1) is 18.1. The number of amides is 1. The van der Waals surface area contributed by atoms with Crippen molar-refractivity contribution in [3.8, 4) is 11.5 Å². The second-order valence-corrected chi connectivity index (χ2v) is 6.91. The zero-order chi connectivity index (χ0) is 19.7. The maximum absolute atomic E-state index is 12.8. The molecular weight excluding hydrogens is 356 g/mol. The molecule has 0 saturated carbocycles. The standard InChI is InChI=1S/C22H22N2O4/c1-3-27-19-9-14-8-13(2)28-20(14)10-15(19)12-23-22(26)17-11-21(25)24-18-7-5-4-6-16(17)18/h4-7,9-11,13H,3,8,12H2,1-2H3,(H,23,26)(H,24,25)/t13-/m1/s1. The molecule has 1 aliphatic rings. The van der Waals surface area contributed by atoms with Gasteiger partial charge in [0.2, 0.25) is 5.56 Å². The van der Waals surface area contributed by atoms with Gasteiger partial charge in [0, 0.05) is 41.1 Å². The van der Waals surface area contributed by atoms with E-state index in [1.165, 1.54) is 6.07 Å². The van der Waals surface area contributed by atoms with Crippen LogP contribution in [-0.4, -0.2) is 23.6 Å². The highest BCUT2D eigenvalue weighted by Crippen LogP contribution is 2.35. The maximum atomic E-state index is 12.8. The van der Waals surface area contributed by atoms with Gasteiger partial charge in [-0.15, -0.1) is 0 Å². The molecule has 2 N–H and O–H groups in total. The summed E-state index contributed by atoms with van der Waals surface area (Å²) in [4.78, 5) is 27.5. The molecule has 6 heteroatoms. The van der Waals surface area contributed by atoms with Crippen LogP contribution in [0.5, 0.6) is 11.5 Å². The number of benzene rings is 2. The van der Waals surface area contributed by atoms with Gasteiger partial charge in [-0.1, -0.05) is 18.2 Å². The summed E-state index contributed by atoms with van der Waals surface area (Å²) in [5.41, 5.74) is 2.64. The third-order valence-electron chi connectivity index (χ3n) is 4.81. The molecule has 1 atom stereocenters. The third kappa shape index (κ3) is 3.45. The molecule has 3 aromatic rings. The number of hydrogen-bond donors (Lipinski definition) is 2. The second kappa shape index (κ2) is 7.38. The lowest BCUT2D eigenvalue weighted by Gasteiger charge is -2.14. The van der Waals surface area contributed by atoms with Gasteiger partial charge < -0.3 is 19.8 Å². The van der Waals surface area contributed by atoms with Crippen molar-refractivity contribution in [3.63, 3.8) is 0 Å². The molecule has 28 heavy (non-hydrogen) atoms. The fraction of sp³-hybridized carbons (Fsp3) is 0.273. The van der Waals surface area contributed by atoms with E-state index in [0.29, 0.717) is 23.1 Å². The number of aromatic amines is 1. The number of carbonyl (C=O) groups excluding carboxylic acids is 1. The van der Waals surface area contributed by atoms with Crippen molar-refractivity contribution >= 4 is 16.8 Å². The lowest BCUT2D eigenvalue weighted by atomic mass is 10.1. The summed E-state index contributed by atoms with van der Waals surface area (Å²) in [6, 6.07) is 12.5. The number of H-pyrrole nitrogens is 1. The van der Waals surface area contributed by atoms with E-state index in [-0.39, 0.29) is 24.1 Å². The molecule has 0 bridgehead atoms. The van der Waals surface area contributed by atoms with Crippen molar-refractivity contribution in [2.24, 2.45) is 0 Å². The number of ether oxygens (including phenoxy) is 2. The van der Waals surface area contributed by atoms with Crippen LogP contribution in [0.3, 0.4) is 0 Å². The minimum Gasteiger partial charge on any atom is -0.494 e. The lowest BCUT2D eigenvalue weighted by Crippen LogP contribution is -2.25. The summed E-state index contributed by atoms with van der Waals surface area (Å²) >= 11 is 0. The van der Waals surface area contributed by atoms with E-state index in [4.69, 9.17) is 9.47 Å². The molecule has 0 fully saturated rings. The Hall–Kier alpha value is -3.28. The molecule has 0 saturated heterocycles. The van der Waals surface area contributed by atoms with Gasteiger partial charge in [-0.3, -0.25) is 9.59 Å². The van der Waals surface area contributed by atoms with Gasteiger partial charge in [-0.05, 0) is 32.0 Å². The van der Waals surface area contributed by atoms with Crippen LogP contribution in [0, 0.1) is 0 Å². The molecule has 6 nitrogen and oxygen atoms in total. The molecule has 0 aliphatic carbocycles. The Balaban J connectivity index is 1.61. The second-order valence-electron chi connectivity index (χ2n) is 6.91. The summed E-state index contributed by atoms with van der Waals surface area (Å²) in [5.74, 6) is 1.27. The molecule has 4 rings (SSSR count). The number of rotatable bonds is 5. The summed E-state index contributed by atoms with van der Waals surface area (Å²) in [5, 5.41) is 3.61. The summed E-state index contributed by atoms with van der Waals surface area (Å²) < 4.78 is 11.6. The Morgan fingerprint density at radius 2 is 2.11 bits per heavy atom. The summed E-state index contributed by atoms with van der Waals surface area (Å²) in [6.07, 6.45) is 0.984. The fourth-order valence-electron chi connectivity index (χ4n) is 3.57. The van der Waals surface area contributed by atoms with Gasteiger partial charge >= 0.3 is 0 Å². The minimum atomic E-state index is -0.307. The lowest BCUT2D eigenvalue weighted by molar-refractivity contribution is 0.0952. The number of pyridine rings is 1. The summed E-state index contributed by atoms with van der Waals surface area (Å²) in [6.45, 7) is 4.77. The van der Waals surface area contributed by atoms with Gasteiger partial charge in [0.15, 0.2) is 0 Å². The topological polar surface area (TPSA) is 80.4 Å². The first-order chi connectivity index (χ1) is 13.5. The average Bonchev–Trinajstić information content (AvgIpc) is 3.04. The van der Waals surface area contributed by atoms with Crippen LogP contribution in [0.25, 0.3) is 10.9 Å². The molecular formula is C22H22N2O4. The van der Waals surface area contributed by atoms with Gasteiger partial charge in [-0.2, -0.15) is 0 Å². The number of fused-ring (bicyclic) bond motifs is 2. The molecule has 2 heterocycles. The molecule has 0 radical (unpaired) electrons. The zero-order valence-corrected chi connectivity index (χ0v) is 15.9. The predicted octanol–water partition coefficient (Wildman–Crippen LogP) is 3.18. The zero-order valence-electron chi connectivity index (χ0n) is 15.9. The molecule has 0 spiro atoms. The number of para-hydroxylation sites is 1. The van der Waals surface area contributed by atoms with Crippen molar-refractivity contribution in [1.82, 2.24) is 10.3 Å². The highest BCUT2D eigenvalue weighted by Gasteiger charge is 2.22. The highest BCUT2D eigenvalue weighted by molar-refractivity contribution is 6.05. The quantitative estimate of drug-likeness (QED) is 0.715. The van der Waals surface area contributed by atoms with E-state index in [1.54, 1.807) is 6.07 Å². The molecule has 1 aromatic heterocycles. The van der Waals surface area contributed by atoms with Crippen molar-refractivity contribution < 1.29 is 14.3 Å². The van der Waals surface area contributed by atoms with Crippen LogP contribution in [0.4, 0.5) is 0 Å². The first-order valence-electron chi connectivity index (χ1n) is 9.40. The number of hydrogen-bond acceptors (Lipinski definition) is 4. The third-order valence-corrected chi connectivity index (χ3v) is 4.81. The number of aromatic nitrogens is 1. The predicted molar refractivity (Wildman–Crippen MR) is 107 cm³/mol. The number of carbonyl (C=O) groups is 1. The molecule has 2 aromatic carbocycles. The first-order valence-corrected chi connectivity index (χ1v) is 9.40. The van der Waals surface area contributed by atoms with Crippen LogP contribution in [0.1, 0.15) is 35.3 Å². The largest absolute Gasteiger partial charge is 0.494 e. The van der Waals surface area contributed by atoms with Crippen LogP contribution >= 0.6 is 0 Å². The van der Waals surface area contributed by atoms with Crippen molar-refractivity contribution in [3.05, 3.63) is 69.5 Å². The van der Waals surface area contributed by atoms with Crippen molar-refractivity contribution in [2.45, 2.75) is 32.9 Å². The Morgan fingerprint density at radius 1 is 1.29 bits per heavy atom. The van der Waals surface area contributed by atoms with Gasteiger partial charge in [0.1, 0.15) is 17.6 Å². The van der Waals surface area contributed by atoms with E-state index < -0.39 is 0 Å². The van der Waals surface area contributed by atoms with E-state index in [2.05, 4.69) is 10.3 Å². The van der Waals surface area contributed by atoms with E-state index in [1.807, 2.05) is 44.2 Å². The van der Waals surface area contributed by atoms with Gasteiger partial charge in [-0.25, -0.2) is 0 Å². The van der Waals surface area contributed by atoms with Gasteiger partial charge in [0.25, 0.3) is 5.91 Å². The molecule has 144 valence electrons. The molecule has 1 aliphatic heterocycles. The normalized spacial score (nSPS) is 15.1. The number of nitrogens with one attached hydrogen (secondary N) is 2. The minimum absolute atomic E-state index is 0.136. The van der Waals surface area contributed by atoms with Crippen LogP contribution < -0.4 is 20.3 Å². The Morgan fingerprint density at radius 3 is 2.93 bits per heavy atom. The van der Waals surface area contributed by atoms with Crippen LogP contribution in [-0.2, 0) is 13.0 Å². The maximum Gasteiger partial charge on any atom is 0.252 e. The van der Waals surface area contributed by atoms with Crippen molar-refractivity contribution in [2.75, 3.05) is 6.61 Å². The Bertz CT molecular complexity index is 1100. The van der Waals surface area contributed by atoms with Crippen LogP contribution in [0.2, 0.25) is 0 Å². The van der Waals surface area contributed by atoms with Crippen LogP contribution in [0.15, 0.2) is 47.3 Å².